The maximum Gasteiger partial charge on any atom is 0.163 e. The smallest absolute Gasteiger partial charge is 0.163 e. The molecule has 0 aromatic heterocycles. The van der Waals surface area contributed by atoms with Crippen LogP contribution in [0.25, 0.3) is 0 Å². The lowest BCUT2D eigenvalue weighted by atomic mass is 10.4. The second kappa shape index (κ2) is 12.2. The Morgan fingerprint density at radius 1 is 0.909 bits per heavy atom. The van der Waals surface area contributed by atoms with Gasteiger partial charge in [0, 0.05) is 6.61 Å². The van der Waals surface area contributed by atoms with E-state index in [-0.39, 0.29) is 6.10 Å². The standard InChI is InChI=1S/C15H31NO6/c1-15(2)21-13-14(22-15)12-20-11-10-19-9-8-18-7-6-17-5-3-4-16/h14H,3-13,16H2,1-2H3/t14-/m0/s1. The van der Waals surface area contributed by atoms with Crippen LogP contribution in [0.3, 0.4) is 0 Å². The molecule has 0 aromatic carbocycles. The molecule has 0 bridgehead atoms. The van der Waals surface area contributed by atoms with E-state index in [4.69, 9.17) is 34.2 Å². The molecule has 22 heavy (non-hydrogen) atoms. The molecular weight excluding hydrogens is 290 g/mol. The van der Waals surface area contributed by atoms with E-state index in [0.717, 1.165) is 6.42 Å². The molecule has 0 amide bonds. The molecule has 0 aromatic rings. The quantitative estimate of drug-likeness (QED) is 0.468. The van der Waals surface area contributed by atoms with Gasteiger partial charge < -0.3 is 34.2 Å². The molecule has 0 radical (unpaired) electrons. The van der Waals surface area contributed by atoms with Gasteiger partial charge in [0.15, 0.2) is 5.79 Å². The predicted molar refractivity (Wildman–Crippen MR) is 81.9 cm³/mol. The Morgan fingerprint density at radius 2 is 1.45 bits per heavy atom. The summed E-state index contributed by atoms with van der Waals surface area (Å²) in [6, 6.07) is 0. The molecule has 1 saturated heterocycles. The lowest BCUT2D eigenvalue weighted by molar-refractivity contribution is -0.145. The fourth-order valence-corrected chi connectivity index (χ4v) is 1.91. The Balaban J connectivity index is 1.73. The van der Waals surface area contributed by atoms with Gasteiger partial charge in [-0.1, -0.05) is 0 Å². The molecule has 1 rings (SSSR count). The molecule has 1 fully saturated rings. The monoisotopic (exact) mass is 321 g/mol. The van der Waals surface area contributed by atoms with E-state index in [9.17, 15) is 0 Å². The van der Waals surface area contributed by atoms with E-state index in [0.29, 0.717) is 66.0 Å². The Morgan fingerprint density at radius 3 is 1.95 bits per heavy atom. The molecule has 0 unspecified atom stereocenters. The van der Waals surface area contributed by atoms with Gasteiger partial charge in [0.25, 0.3) is 0 Å². The van der Waals surface area contributed by atoms with Crippen molar-refractivity contribution in [2.45, 2.75) is 32.2 Å². The van der Waals surface area contributed by atoms with Crippen molar-refractivity contribution in [3.05, 3.63) is 0 Å². The van der Waals surface area contributed by atoms with Crippen LogP contribution >= 0.6 is 0 Å². The van der Waals surface area contributed by atoms with E-state index in [2.05, 4.69) is 0 Å². The molecule has 2 N–H and O–H groups in total. The zero-order valence-corrected chi connectivity index (χ0v) is 13.9. The van der Waals surface area contributed by atoms with Gasteiger partial charge in [0.05, 0.1) is 52.9 Å². The zero-order valence-electron chi connectivity index (χ0n) is 13.9. The van der Waals surface area contributed by atoms with Crippen LogP contribution < -0.4 is 5.73 Å². The topological polar surface area (TPSA) is 81.4 Å². The van der Waals surface area contributed by atoms with Crippen molar-refractivity contribution in [2.75, 3.05) is 66.0 Å². The first kappa shape index (κ1) is 19.8. The predicted octanol–water partition coefficient (Wildman–Crippen LogP) is 0.553. The largest absolute Gasteiger partial charge is 0.379 e. The maximum absolute atomic E-state index is 5.63. The van der Waals surface area contributed by atoms with E-state index in [1.165, 1.54) is 0 Å². The summed E-state index contributed by atoms with van der Waals surface area (Å²) in [7, 11) is 0. The van der Waals surface area contributed by atoms with Gasteiger partial charge in [0.2, 0.25) is 0 Å². The minimum Gasteiger partial charge on any atom is -0.379 e. The van der Waals surface area contributed by atoms with Gasteiger partial charge in [-0.25, -0.2) is 0 Å². The Kier molecular flexibility index (Phi) is 10.9. The summed E-state index contributed by atoms with van der Waals surface area (Å²) >= 11 is 0. The highest BCUT2D eigenvalue weighted by atomic mass is 16.7. The number of hydrogen-bond acceptors (Lipinski definition) is 7. The summed E-state index contributed by atoms with van der Waals surface area (Å²) in [6.07, 6.45) is 0.899. The van der Waals surface area contributed by atoms with Crippen LogP contribution in [0.1, 0.15) is 20.3 Å². The lowest BCUT2D eigenvalue weighted by Crippen LogP contribution is -2.24. The van der Waals surface area contributed by atoms with Gasteiger partial charge in [-0.2, -0.15) is 0 Å². The third-order valence-corrected chi connectivity index (χ3v) is 2.98. The third-order valence-electron chi connectivity index (χ3n) is 2.98. The van der Waals surface area contributed by atoms with Crippen molar-refractivity contribution in [1.29, 1.82) is 0 Å². The molecular formula is C15H31NO6. The molecule has 1 heterocycles. The van der Waals surface area contributed by atoms with Crippen molar-refractivity contribution in [3.63, 3.8) is 0 Å². The normalized spacial score (nSPS) is 20.6. The summed E-state index contributed by atoms with van der Waals surface area (Å²) in [5.41, 5.74) is 5.36. The summed E-state index contributed by atoms with van der Waals surface area (Å²) < 4.78 is 32.7. The first-order chi connectivity index (χ1) is 10.6. The molecule has 1 aliphatic rings. The Hall–Kier alpha value is -0.280. The minimum absolute atomic E-state index is 0.0117. The summed E-state index contributed by atoms with van der Waals surface area (Å²) in [5.74, 6) is -0.490. The van der Waals surface area contributed by atoms with Crippen molar-refractivity contribution >= 4 is 0 Å². The molecule has 1 aliphatic heterocycles. The second-order valence-corrected chi connectivity index (χ2v) is 5.50. The van der Waals surface area contributed by atoms with E-state index in [1.807, 2.05) is 13.8 Å². The Bertz CT molecular complexity index is 264. The first-order valence-electron chi connectivity index (χ1n) is 7.97. The number of hydrogen-bond donors (Lipinski definition) is 1. The van der Waals surface area contributed by atoms with Crippen LogP contribution in [0.15, 0.2) is 0 Å². The number of ether oxygens (including phenoxy) is 6. The minimum atomic E-state index is -0.490. The number of nitrogens with two attached hydrogens (primary N) is 1. The highest BCUT2D eigenvalue weighted by Gasteiger charge is 2.32. The summed E-state index contributed by atoms with van der Waals surface area (Å²) in [5, 5.41) is 0. The lowest BCUT2D eigenvalue weighted by Gasteiger charge is -2.17. The van der Waals surface area contributed by atoms with Crippen molar-refractivity contribution in [1.82, 2.24) is 0 Å². The average Bonchev–Trinajstić information content (AvgIpc) is 2.83. The third kappa shape index (κ3) is 10.4. The van der Waals surface area contributed by atoms with Gasteiger partial charge in [-0.3, -0.25) is 0 Å². The molecule has 0 spiro atoms. The van der Waals surface area contributed by atoms with E-state index >= 15 is 0 Å². The second-order valence-electron chi connectivity index (χ2n) is 5.50. The van der Waals surface area contributed by atoms with Gasteiger partial charge in [-0.15, -0.1) is 0 Å². The van der Waals surface area contributed by atoms with Crippen LogP contribution in [-0.2, 0) is 28.4 Å². The van der Waals surface area contributed by atoms with E-state index in [1.54, 1.807) is 0 Å². The highest BCUT2D eigenvalue weighted by molar-refractivity contribution is 4.70. The molecule has 0 aliphatic carbocycles. The van der Waals surface area contributed by atoms with Crippen molar-refractivity contribution in [3.8, 4) is 0 Å². The molecule has 7 nitrogen and oxygen atoms in total. The zero-order chi connectivity index (χ0) is 16.1. The van der Waals surface area contributed by atoms with Gasteiger partial charge in [-0.05, 0) is 26.8 Å². The molecule has 0 saturated carbocycles. The maximum atomic E-state index is 5.63. The van der Waals surface area contributed by atoms with Crippen LogP contribution in [0.4, 0.5) is 0 Å². The van der Waals surface area contributed by atoms with Crippen LogP contribution in [0, 0.1) is 0 Å². The van der Waals surface area contributed by atoms with Crippen molar-refractivity contribution in [2.24, 2.45) is 5.73 Å². The summed E-state index contributed by atoms with van der Waals surface area (Å²) in [6.45, 7) is 9.67. The van der Waals surface area contributed by atoms with Crippen LogP contribution in [0.5, 0.6) is 0 Å². The van der Waals surface area contributed by atoms with Crippen LogP contribution in [0.2, 0.25) is 0 Å². The molecule has 132 valence electrons. The fraction of sp³-hybridized carbons (Fsp3) is 1.00. The average molecular weight is 321 g/mol. The number of rotatable bonds is 14. The van der Waals surface area contributed by atoms with Gasteiger partial charge >= 0.3 is 0 Å². The fourth-order valence-electron chi connectivity index (χ4n) is 1.91. The Labute approximate surface area is 133 Å². The summed E-state index contributed by atoms with van der Waals surface area (Å²) in [4.78, 5) is 0. The first-order valence-corrected chi connectivity index (χ1v) is 7.97. The molecule has 1 atom stereocenters. The van der Waals surface area contributed by atoms with Crippen LogP contribution in [-0.4, -0.2) is 77.9 Å². The molecule has 7 heteroatoms. The SMILES string of the molecule is CC1(C)OC[C@H](COCCOCCOCCOCCCN)O1. The van der Waals surface area contributed by atoms with E-state index < -0.39 is 5.79 Å². The van der Waals surface area contributed by atoms with Gasteiger partial charge in [0.1, 0.15) is 6.10 Å². The van der Waals surface area contributed by atoms with Crippen molar-refractivity contribution < 1.29 is 28.4 Å². The highest BCUT2D eigenvalue weighted by Crippen LogP contribution is 2.22.